The molecule has 2 aliphatic heterocycles. The van der Waals surface area contributed by atoms with Crippen molar-refractivity contribution in [3.05, 3.63) is 33.4 Å². The monoisotopic (exact) mass is 252 g/mol. The fraction of sp³-hybridized carbons (Fsp3) is 0.143. The van der Waals surface area contributed by atoms with Gasteiger partial charge in [-0.3, -0.25) is 0 Å². The molecular formula is C7H5ClO2S3. The van der Waals surface area contributed by atoms with E-state index in [4.69, 9.17) is 10.7 Å². The van der Waals surface area contributed by atoms with Gasteiger partial charge in [0.1, 0.15) is 4.24 Å². The van der Waals surface area contributed by atoms with Crippen molar-refractivity contribution in [1.82, 2.24) is 0 Å². The van der Waals surface area contributed by atoms with Crippen LogP contribution >= 0.6 is 34.2 Å². The fourth-order valence-corrected chi connectivity index (χ4v) is 4.75. The van der Waals surface area contributed by atoms with Gasteiger partial charge in [0.2, 0.25) is 0 Å². The van der Waals surface area contributed by atoms with Crippen LogP contribution in [0.4, 0.5) is 0 Å². The van der Waals surface area contributed by atoms with Gasteiger partial charge in [-0.15, -0.1) is 11.8 Å². The van der Waals surface area contributed by atoms with Gasteiger partial charge in [-0.25, -0.2) is 8.42 Å². The summed E-state index contributed by atoms with van der Waals surface area (Å²) in [6, 6.07) is 0. The van der Waals surface area contributed by atoms with Crippen LogP contribution in [0.25, 0.3) is 0 Å². The first-order valence-corrected chi connectivity index (χ1v) is 7.56. The van der Waals surface area contributed by atoms with Gasteiger partial charge in [-0.05, 0) is 17.1 Å². The molecule has 1 atom stereocenters. The van der Waals surface area contributed by atoms with Crippen molar-refractivity contribution in [2.45, 2.75) is 4.58 Å². The second kappa shape index (κ2) is 3.38. The van der Waals surface area contributed by atoms with Gasteiger partial charge in [0.15, 0.2) is 0 Å². The number of allylic oxidation sites excluding steroid dienone is 3. The Morgan fingerprint density at radius 2 is 2.23 bits per heavy atom. The van der Waals surface area contributed by atoms with Crippen molar-refractivity contribution in [2.24, 2.45) is 0 Å². The number of hydrogen-bond donors (Lipinski definition) is 0. The van der Waals surface area contributed by atoms with Gasteiger partial charge in [-0.2, -0.15) is 0 Å². The first-order chi connectivity index (χ1) is 6.07. The Morgan fingerprint density at radius 3 is 2.85 bits per heavy atom. The van der Waals surface area contributed by atoms with E-state index < -0.39 is 9.05 Å². The second-order valence-electron chi connectivity index (χ2n) is 2.48. The summed E-state index contributed by atoms with van der Waals surface area (Å²) in [7, 11) is 1.68. The van der Waals surface area contributed by atoms with Crippen molar-refractivity contribution in [1.29, 1.82) is 0 Å². The summed E-state index contributed by atoms with van der Waals surface area (Å²) in [6.45, 7) is 0. The molecule has 0 aromatic rings. The van der Waals surface area contributed by atoms with E-state index in [1.165, 1.54) is 11.8 Å². The smallest absolute Gasteiger partial charge is 0.206 e. The molecule has 2 heterocycles. The van der Waals surface area contributed by atoms with Crippen LogP contribution in [0.5, 0.6) is 0 Å². The lowest BCUT2D eigenvalue weighted by Crippen LogP contribution is -1.95. The normalized spacial score (nSPS) is 26.7. The van der Waals surface area contributed by atoms with Crippen LogP contribution in [0.2, 0.25) is 0 Å². The lowest BCUT2D eigenvalue weighted by atomic mass is 10.3. The van der Waals surface area contributed by atoms with Crippen LogP contribution in [-0.2, 0) is 9.05 Å². The molecule has 6 heteroatoms. The number of hydrogen-bond acceptors (Lipinski definition) is 4. The average molecular weight is 253 g/mol. The summed E-state index contributed by atoms with van der Waals surface area (Å²) in [4.78, 5) is 0. The van der Waals surface area contributed by atoms with E-state index in [9.17, 15) is 8.42 Å². The maximum Gasteiger partial charge on any atom is 0.267 e. The van der Waals surface area contributed by atoms with Crippen LogP contribution in [0.3, 0.4) is 0 Å². The topological polar surface area (TPSA) is 34.1 Å². The van der Waals surface area contributed by atoms with Crippen LogP contribution < -0.4 is 0 Å². The minimum absolute atomic E-state index is 0.161. The standard InChI is InChI=1S/C7H5ClO2S3/c8-13(9,10)6-4-5-2-1-3-11-7(5)12-6/h1-4,7H. The fourth-order valence-electron chi connectivity index (χ4n) is 1.04. The van der Waals surface area contributed by atoms with E-state index in [0.717, 1.165) is 5.57 Å². The zero-order chi connectivity index (χ0) is 9.47. The number of halogens is 1. The third kappa shape index (κ3) is 1.98. The second-order valence-corrected chi connectivity index (χ2v) is 7.74. The molecule has 0 saturated carbocycles. The van der Waals surface area contributed by atoms with Gasteiger partial charge in [0.05, 0.1) is 4.58 Å². The first-order valence-electron chi connectivity index (χ1n) is 3.42. The SMILES string of the molecule is O=S(=O)(Cl)C1=CC2=CC=CSC2S1. The van der Waals surface area contributed by atoms with Crippen LogP contribution in [0.15, 0.2) is 33.4 Å². The van der Waals surface area contributed by atoms with Gasteiger partial charge >= 0.3 is 0 Å². The number of thioether (sulfide) groups is 2. The minimum Gasteiger partial charge on any atom is -0.206 e. The van der Waals surface area contributed by atoms with Gasteiger partial charge < -0.3 is 0 Å². The highest BCUT2D eigenvalue weighted by molar-refractivity contribution is 8.33. The van der Waals surface area contributed by atoms with Gasteiger partial charge in [0.25, 0.3) is 9.05 Å². The lowest BCUT2D eigenvalue weighted by Gasteiger charge is -2.10. The Hall–Kier alpha value is 0.160. The zero-order valence-corrected chi connectivity index (χ0v) is 9.51. The molecule has 0 bridgehead atoms. The summed E-state index contributed by atoms with van der Waals surface area (Å²) in [5.74, 6) is 0. The van der Waals surface area contributed by atoms with Crippen LogP contribution in [0, 0.1) is 0 Å². The molecule has 2 aliphatic rings. The molecule has 13 heavy (non-hydrogen) atoms. The van der Waals surface area contributed by atoms with Crippen LogP contribution in [0.1, 0.15) is 0 Å². The molecule has 2 nitrogen and oxygen atoms in total. The Balaban J connectivity index is 2.36. The van der Waals surface area contributed by atoms with Gasteiger partial charge in [-0.1, -0.05) is 23.9 Å². The van der Waals surface area contributed by atoms with E-state index >= 15 is 0 Å². The summed E-state index contributed by atoms with van der Waals surface area (Å²) < 4.78 is 22.4. The van der Waals surface area contributed by atoms with Crippen molar-refractivity contribution in [2.75, 3.05) is 0 Å². The number of fused-ring (bicyclic) bond motifs is 1. The van der Waals surface area contributed by atoms with E-state index in [1.54, 1.807) is 17.8 Å². The highest BCUT2D eigenvalue weighted by atomic mass is 35.7. The third-order valence-electron chi connectivity index (χ3n) is 1.59. The molecule has 0 aromatic carbocycles. The molecule has 0 aromatic heterocycles. The van der Waals surface area contributed by atoms with Crippen LogP contribution in [-0.4, -0.2) is 13.0 Å². The molecule has 0 N–H and O–H groups in total. The van der Waals surface area contributed by atoms with E-state index in [0.29, 0.717) is 0 Å². The minimum atomic E-state index is -3.55. The highest BCUT2D eigenvalue weighted by Crippen LogP contribution is 2.47. The summed E-state index contributed by atoms with van der Waals surface area (Å²) in [5, 5.41) is 1.94. The largest absolute Gasteiger partial charge is 0.267 e. The zero-order valence-electron chi connectivity index (χ0n) is 6.31. The molecule has 2 rings (SSSR count). The van der Waals surface area contributed by atoms with E-state index in [-0.39, 0.29) is 8.82 Å². The Bertz CT molecular complexity index is 419. The predicted octanol–water partition coefficient (Wildman–Crippen LogP) is 2.66. The number of rotatable bonds is 1. The highest BCUT2D eigenvalue weighted by Gasteiger charge is 2.29. The molecule has 0 spiro atoms. The molecule has 70 valence electrons. The Morgan fingerprint density at radius 1 is 1.46 bits per heavy atom. The maximum atomic E-state index is 11.0. The predicted molar refractivity (Wildman–Crippen MR) is 59.0 cm³/mol. The van der Waals surface area contributed by atoms with Crippen molar-refractivity contribution < 1.29 is 8.42 Å². The average Bonchev–Trinajstić information content (AvgIpc) is 2.45. The molecular weight excluding hydrogens is 248 g/mol. The molecule has 0 amide bonds. The quantitative estimate of drug-likeness (QED) is 0.672. The molecule has 0 saturated heterocycles. The van der Waals surface area contributed by atoms with Crippen molar-refractivity contribution >= 4 is 43.3 Å². The Labute approximate surface area is 89.5 Å². The molecule has 0 aliphatic carbocycles. The summed E-state index contributed by atoms with van der Waals surface area (Å²) >= 11 is 2.88. The first kappa shape index (κ1) is 9.71. The summed E-state index contributed by atoms with van der Waals surface area (Å²) in [5.41, 5.74) is 1.01. The van der Waals surface area contributed by atoms with E-state index in [2.05, 4.69) is 0 Å². The molecule has 1 unspecified atom stereocenters. The van der Waals surface area contributed by atoms with Crippen molar-refractivity contribution in [3.63, 3.8) is 0 Å². The van der Waals surface area contributed by atoms with E-state index in [1.807, 2.05) is 17.6 Å². The summed E-state index contributed by atoms with van der Waals surface area (Å²) in [6.07, 6.45) is 5.44. The lowest BCUT2D eigenvalue weighted by molar-refractivity contribution is 0.616. The van der Waals surface area contributed by atoms with Gasteiger partial charge in [0, 0.05) is 10.7 Å². The maximum absolute atomic E-state index is 11.0. The molecule has 0 fully saturated rings. The Kier molecular flexibility index (Phi) is 2.53. The molecule has 0 radical (unpaired) electrons. The van der Waals surface area contributed by atoms with Crippen molar-refractivity contribution in [3.8, 4) is 0 Å². The third-order valence-corrected chi connectivity index (χ3v) is 6.20.